The summed E-state index contributed by atoms with van der Waals surface area (Å²) in [6.45, 7) is 0. The SMILES string of the molecule is Cn1c(NN)nc(=O)c2c(C(F)(F)F)cc(C3CC3)nc21. The Morgan fingerprint density at radius 1 is 1.38 bits per heavy atom. The molecule has 0 aromatic carbocycles. The van der Waals surface area contributed by atoms with Crippen LogP contribution in [0.2, 0.25) is 0 Å². The van der Waals surface area contributed by atoms with Gasteiger partial charge in [0, 0.05) is 18.7 Å². The van der Waals surface area contributed by atoms with E-state index in [1.54, 1.807) is 0 Å². The van der Waals surface area contributed by atoms with Gasteiger partial charge in [0.2, 0.25) is 5.95 Å². The van der Waals surface area contributed by atoms with Crippen LogP contribution in [0, 0.1) is 0 Å². The molecule has 0 aliphatic heterocycles. The van der Waals surface area contributed by atoms with Crippen LogP contribution >= 0.6 is 0 Å². The number of anilines is 1. The highest BCUT2D eigenvalue weighted by Crippen LogP contribution is 2.42. The number of rotatable bonds is 2. The fourth-order valence-electron chi connectivity index (χ4n) is 2.27. The zero-order chi connectivity index (χ0) is 15.4. The summed E-state index contributed by atoms with van der Waals surface area (Å²) in [5.41, 5.74) is 0.462. The van der Waals surface area contributed by atoms with Crippen LogP contribution in [0.3, 0.4) is 0 Å². The third-order valence-corrected chi connectivity index (χ3v) is 3.51. The second kappa shape index (κ2) is 4.42. The topological polar surface area (TPSA) is 85.8 Å². The Hall–Kier alpha value is -2.16. The zero-order valence-electron chi connectivity index (χ0n) is 11.0. The molecule has 3 N–H and O–H groups in total. The van der Waals surface area contributed by atoms with Crippen molar-refractivity contribution in [2.24, 2.45) is 12.9 Å². The number of hydrogen-bond acceptors (Lipinski definition) is 5. The van der Waals surface area contributed by atoms with Crippen LogP contribution in [0.4, 0.5) is 19.1 Å². The van der Waals surface area contributed by atoms with Gasteiger partial charge >= 0.3 is 6.18 Å². The summed E-state index contributed by atoms with van der Waals surface area (Å²) < 4.78 is 40.9. The van der Waals surface area contributed by atoms with E-state index in [9.17, 15) is 18.0 Å². The van der Waals surface area contributed by atoms with Crippen molar-refractivity contribution in [1.29, 1.82) is 0 Å². The number of aromatic nitrogens is 3. The van der Waals surface area contributed by atoms with Gasteiger partial charge in [0.15, 0.2) is 0 Å². The molecule has 9 heteroatoms. The average Bonchev–Trinajstić information content (AvgIpc) is 3.25. The number of nitrogens with two attached hydrogens (primary N) is 1. The summed E-state index contributed by atoms with van der Waals surface area (Å²) in [6, 6.07) is 0.957. The number of hydrazine groups is 1. The molecule has 0 radical (unpaired) electrons. The summed E-state index contributed by atoms with van der Waals surface area (Å²) in [5, 5.41) is -0.534. The predicted molar refractivity (Wildman–Crippen MR) is 69.6 cm³/mol. The molecule has 0 saturated heterocycles. The van der Waals surface area contributed by atoms with Gasteiger partial charge in [-0.15, -0.1) is 0 Å². The second-order valence-corrected chi connectivity index (χ2v) is 5.01. The largest absolute Gasteiger partial charge is 0.417 e. The minimum atomic E-state index is -4.64. The fraction of sp³-hybridized carbons (Fsp3) is 0.417. The van der Waals surface area contributed by atoms with E-state index in [-0.39, 0.29) is 17.5 Å². The van der Waals surface area contributed by atoms with Crippen LogP contribution in [0.15, 0.2) is 10.9 Å². The van der Waals surface area contributed by atoms with Crippen molar-refractivity contribution in [3.05, 3.63) is 27.7 Å². The van der Waals surface area contributed by atoms with Crippen molar-refractivity contribution in [1.82, 2.24) is 14.5 Å². The molecular formula is C12H12F3N5O. The van der Waals surface area contributed by atoms with Crippen molar-refractivity contribution < 1.29 is 13.2 Å². The van der Waals surface area contributed by atoms with Crippen molar-refractivity contribution in [2.75, 3.05) is 5.43 Å². The van der Waals surface area contributed by atoms with Crippen molar-refractivity contribution in [2.45, 2.75) is 24.9 Å². The van der Waals surface area contributed by atoms with Crippen molar-refractivity contribution >= 4 is 17.0 Å². The van der Waals surface area contributed by atoms with Gasteiger partial charge < -0.3 is 0 Å². The maximum absolute atomic E-state index is 13.2. The number of halogens is 3. The van der Waals surface area contributed by atoms with Crippen LogP contribution < -0.4 is 16.8 Å². The fourth-order valence-corrected chi connectivity index (χ4v) is 2.27. The third kappa shape index (κ3) is 2.23. The summed E-state index contributed by atoms with van der Waals surface area (Å²) in [4.78, 5) is 19.6. The van der Waals surface area contributed by atoms with E-state index in [2.05, 4.69) is 15.4 Å². The molecule has 21 heavy (non-hydrogen) atoms. The lowest BCUT2D eigenvalue weighted by molar-refractivity contribution is -0.136. The third-order valence-electron chi connectivity index (χ3n) is 3.51. The van der Waals surface area contributed by atoms with Gasteiger partial charge in [0.1, 0.15) is 5.65 Å². The molecule has 2 heterocycles. The molecule has 0 atom stereocenters. The van der Waals surface area contributed by atoms with Gasteiger partial charge in [-0.2, -0.15) is 18.2 Å². The number of aryl methyl sites for hydroxylation is 1. The number of alkyl halides is 3. The van der Waals surface area contributed by atoms with Crippen LogP contribution in [-0.4, -0.2) is 14.5 Å². The monoisotopic (exact) mass is 299 g/mol. The molecule has 6 nitrogen and oxygen atoms in total. The average molecular weight is 299 g/mol. The lowest BCUT2D eigenvalue weighted by Gasteiger charge is -2.15. The van der Waals surface area contributed by atoms with Gasteiger partial charge in [-0.1, -0.05) is 0 Å². The highest BCUT2D eigenvalue weighted by atomic mass is 19.4. The molecule has 1 fully saturated rings. The lowest BCUT2D eigenvalue weighted by atomic mass is 10.1. The Balaban J connectivity index is 2.44. The summed E-state index contributed by atoms with van der Waals surface area (Å²) in [6.07, 6.45) is -3.04. The van der Waals surface area contributed by atoms with Crippen LogP contribution in [0.5, 0.6) is 0 Å². The minimum Gasteiger partial charge on any atom is -0.298 e. The number of pyridine rings is 1. The number of nitrogen functional groups attached to an aromatic ring is 1. The Kier molecular flexibility index (Phi) is 2.90. The van der Waals surface area contributed by atoms with Gasteiger partial charge in [0.25, 0.3) is 5.56 Å². The zero-order valence-corrected chi connectivity index (χ0v) is 11.0. The predicted octanol–water partition coefficient (Wildman–Crippen LogP) is 1.51. The first kappa shape index (κ1) is 13.8. The van der Waals surface area contributed by atoms with E-state index in [1.165, 1.54) is 11.6 Å². The molecule has 2 aromatic heterocycles. The van der Waals surface area contributed by atoms with E-state index >= 15 is 0 Å². The summed E-state index contributed by atoms with van der Waals surface area (Å²) in [7, 11) is 1.45. The van der Waals surface area contributed by atoms with Crippen LogP contribution in [0.1, 0.15) is 30.0 Å². The van der Waals surface area contributed by atoms with E-state index in [0.717, 1.165) is 18.9 Å². The molecule has 3 rings (SSSR count). The first-order chi connectivity index (χ1) is 9.82. The number of nitrogens with one attached hydrogen (secondary N) is 1. The standard InChI is InChI=1S/C12H12F3N5O/c1-20-9-8(10(21)18-11(20)19-16)6(12(13,14)15)4-7(17-9)5-2-3-5/h4-5H,2-3,16H2,1H3,(H,18,19,21). The molecule has 1 aliphatic rings. The lowest BCUT2D eigenvalue weighted by Crippen LogP contribution is -2.24. The van der Waals surface area contributed by atoms with E-state index in [1.807, 2.05) is 0 Å². The van der Waals surface area contributed by atoms with Gasteiger partial charge in [-0.05, 0) is 18.9 Å². The molecule has 1 saturated carbocycles. The molecule has 0 unspecified atom stereocenters. The Bertz CT molecular complexity index is 779. The summed E-state index contributed by atoms with van der Waals surface area (Å²) >= 11 is 0. The van der Waals surface area contributed by atoms with Gasteiger partial charge in [-0.3, -0.25) is 14.8 Å². The summed E-state index contributed by atoms with van der Waals surface area (Å²) in [5.74, 6) is 5.20. The smallest absolute Gasteiger partial charge is 0.298 e. The Morgan fingerprint density at radius 2 is 2.05 bits per heavy atom. The molecule has 0 bridgehead atoms. The molecule has 112 valence electrons. The van der Waals surface area contributed by atoms with Gasteiger partial charge in [-0.25, -0.2) is 10.8 Å². The number of hydrogen-bond donors (Lipinski definition) is 2. The number of nitrogens with zero attached hydrogens (tertiary/aromatic N) is 3. The van der Waals surface area contributed by atoms with E-state index in [0.29, 0.717) is 5.69 Å². The van der Waals surface area contributed by atoms with Crippen molar-refractivity contribution in [3.8, 4) is 0 Å². The molecule has 2 aromatic rings. The van der Waals surface area contributed by atoms with Gasteiger partial charge in [0.05, 0.1) is 10.9 Å². The second-order valence-electron chi connectivity index (χ2n) is 5.01. The van der Waals surface area contributed by atoms with Crippen molar-refractivity contribution in [3.63, 3.8) is 0 Å². The Labute approximate surface area is 116 Å². The first-order valence-corrected chi connectivity index (χ1v) is 6.28. The first-order valence-electron chi connectivity index (χ1n) is 6.28. The highest BCUT2D eigenvalue weighted by Gasteiger charge is 2.37. The normalized spacial score (nSPS) is 15.5. The molecular weight excluding hydrogens is 287 g/mol. The van der Waals surface area contributed by atoms with E-state index < -0.39 is 22.7 Å². The highest BCUT2D eigenvalue weighted by molar-refractivity contribution is 5.80. The van der Waals surface area contributed by atoms with Crippen LogP contribution in [-0.2, 0) is 13.2 Å². The maximum Gasteiger partial charge on any atom is 0.417 e. The molecule has 1 aliphatic carbocycles. The molecule has 0 amide bonds. The van der Waals surface area contributed by atoms with Crippen LogP contribution in [0.25, 0.3) is 11.0 Å². The molecule has 0 spiro atoms. The Morgan fingerprint density at radius 3 is 2.57 bits per heavy atom. The maximum atomic E-state index is 13.2. The minimum absolute atomic E-state index is 0.0213. The quantitative estimate of drug-likeness (QED) is 0.648. The number of fused-ring (bicyclic) bond motifs is 1. The van der Waals surface area contributed by atoms with E-state index in [4.69, 9.17) is 5.84 Å².